The van der Waals surface area contributed by atoms with Gasteiger partial charge in [0.25, 0.3) is 0 Å². The number of hydrogen-bond acceptors (Lipinski definition) is 2. The maximum absolute atomic E-state index is 11.9. The molecule has 1 amide bonds. The SMILES string of the molecule is Cc1cc(C)cc(NC(=O)CNCc2ccccc2)c1. The summed E-state index contributed by atoms with van der Waals surface area (Å²) in [7, 11) is 0. The minimum absolute atomic E-state index is 0.0223. The molecular formula is C17H20N2O. The maximum atomic E-state index is 11.9. The van der Waals surface area contributed by atoms with Crippen molar-refractivity contribution < 1.29 is 4.79 Å². The molecular weight excluding hydrogens is 248 g/mol. The molecule has 104 valence electrons. The van der Waals surface area contributed by atoms with Gasteiger partial charge in [0, 0.05) is 12.2 Å². The third-order valence-corrected chi connectivity index (χ3v) is 2.96. The van der Waals surface area contributed by atoms with Crippen LogP contribution in [0, 0.1) is 13.8 Å². The van der Waals surface area contributed by atoms with E-state index in [9.17, 15) is 4.79 Å². The molecule has 0 aliphatic rings. The van der Waals surface area contributed by atoms with Crippen LogP contribution in [0.3, 0.4) is 0 Å². The Labute approximate surface area is 120 Å². The molecule has 0 radical (unpaired) electrons. The van der Waals surface area contributed by atoms with Gasteiger partial charge in [0.15, 0.2) is 0 Å². The highest BCUT2D eigenvalue weighted by atomic mass is 16.1. The second-order valence-corrected chi connectivity index (χ2v) is 5.01. The van der Waals surface area contributed by atoms with Crippen molar-refractivity contribution in [3.63, 3.8) is 0 Å². The molecule has 2 N–H and O–H groups in total. The van der Waals surface area contributed by atoms with E-state index in [0.29, 0.717) is 13.1 Å². The number of amides is 1. The lowest BCUT2D eigenvalue weighted by Crippen LogP contribution is -2.27. The van der Waals surface area contributed by atoms with Crippen LogP contribution in [0.5, 0.6) is 0 Å². The standard InChI is InChI=1S/C17H20N2O/c1-13-8-14(2)10-16(9-13)19-17(20)12-18-11-15-6-4-3-5-7-15/h3-10,18H,11-12H2,1-2H3,(H,19,20). The molecule has 3 heteroatoms. The van der Waals surface area contributed by atoms with Gasteiger partial charge in [-0.3, -0.25) is 4.79 Å². The first-order chi connectivity index (χ1) is 9.63. The lowest BCUT2D eigenvalue weighted by molar-refractivity contribution is -0.115. The van der Waals surface area contributed by atoms with E-state index in [2.05, 4.69) is 16.7 Å². The molecule has 2 aromatic carbocycles. The highest BCUT2D eigenvalue weighted by Gasteiger charge is 2.03. The zero-order valence-corrected chi connectivity index (χ0v) is 11.9. The first-order valence-corrected chi connectivity index (χ1v) is 6.76. The van der Waals surface area contributed by atoms with Crippen molar-refractivity contribution in [1.82, 2.24) is 5.32 Å². The molecule has 0 fully saturated rings. The molecule has 20 heavy (non-hydrogen) atoms. The van der Waals surface area contributed by atoms with Crippen LogP contribution in [0.25, 0.3) is 0 Å². The summed E-state index contributed by atoms with van der Waals surface area (Å²) >= 11 is 0. The Morgan fingerprint density at radius 1 is 1.00 bits per heavy atom. The largest absolute Gasteiger partial charge is 0.325 e. The highest BCUT2D eigenvalue weighted by Crippen LogP contribution is 2.13. The minimum Gasteiger partial charge on any atom is -0.325 e. The molecule has 0 aliphatic heterocycles. The van der Waals surface area contributed by atoms with Gasteiger partial charge in [-0.2, -0.15) is 0 Å². The van der Waals surface area contributed by atoms with Crippen molar-refractivity contribution in [2.75, 3.05) is 11.9 Å². The number of carbonyl (C=O) groups is 1. The second kappa shape index (κ2) is 6.87. The van der Waals surface area contributed by atoms with E-state index in [4.69, 9.17) is 0 Å². The molecule has 0 saturated carbocycles. The van der Waals surface area contributed by atoms with Crippen LogP contribution in [0.4, 0.5) is 5.69 Å². The number of nitrogens with one attached hydrogen (secondary N) is 2. The minimum atomic E-state index is -0.0223. The molecule has 0 unspecified atom stereocenters. The molecule has 3 nitrogen and oxygen atoms in total. The number of hydrogen-bond donors (Lipinski definition) is 2. The van der Waals surface area contributed by atoms with E-state index in [-0.39, 0.29) is 5.91 Å². The topological polar surface area (TPSA) is 41.1 Å². The first kappa shape index (κ1) is 14.3. The van der Waals surface area contributed by atoms with E-state index in [1.807, 2.05) is 56.3 Å². The van der Waals surface area contributed by atoms with Crippen molar-refractivity contribution in [1.29, 1.82) is 0 Å². The molecule has 2 aromatic rings. The summed E-state index contributed by atoms with van der Waals surface area (Å²) in [6.07, 6.45) is 0. The molecule has 0 aromatic heterocycles. The van der Waals surface area contributed by atoms with Gasteiger partial charge in [0.05, 0.1) is 6.54 Å². The average molecular weight is 268 g/mol. The number of carbonyl (C=O) groups excluding carboxylic acids is 1. The van der Waals surface area contributed by atoms with Gasteiger partial charge in [0.1, 0.15) is 0 Å². The van der Waals surface area contributed by atoms with Gasteiger partial charge in [-0.1, -0.05) is 36.4 Å². The molecule has 0 spiro atoms. The van der Waals surface area contributed by atoms with Gasteiger partial charge in [-0.15, -0.1) is 0 Å². The summed E-state index contributed by atoms with van der Waals surface area (Å²) < 4.78 is 0. The lowest BCUT2D eigenvalue weighted by atomic mass is 10.1. The number of rotatable bonds is 5. The number of benzene rings is 2. The summed E-state index contributed by atoms with van der Waals surface area (Å²) in [6.45, 7) is 5.05. The summed E-state index contributed by atoms with van der Waals surface area (Å²) in [5, 5.41) is 6.05. The van der Waals surface area contributed by atoms with E-state index in [1.54, 1.807) is 0 Å². The van der Waals surface area contributed by atoms with Gasteiger partial charge >= 0.3 is 0 Å². The van der Waals surface area contributed by atoms with Crippen molar-refractivity contribution in [2.45, 2.75) is 20.4 Å². The number of anilines is 1. The van der Waals surface area contributed by atoms with E-state index < -0.39 is 0 Å². The summed E-state index contributed by atoms with van der Waals surface area (Å²) in [5.74, 6) is -0.0223. The fourth-order valence-corrected chi connectivity index (χ4v) is 2.17. The van der Waals surface area contributed by atoms with Crippen LogP contribution in [0.1, 0.15) is 16.7 Å². The lowest BCUT2D eigenvalue weighted by Gasteiger charge is -2.08. The second-order valence-electron chi connectivity index (χ2n) is 5.01. The predicted octanol–water partition coefficient (Wildman–Crippen LogP) is 3.03. The van der Waals surface area contributed by atoms with Crippen LogP contribution in [-0.2, 0) is 11.3 Å². The summed E-state index contributed by atoms with van der Waals surface area (Å²) in [5.41, 5.74) is 4.33. The van der Waals surface area contributed by atoms with Gasteiger partial charge in [-0.05, 0) is 42.7 Å². The molecule has 0 bridgehead atoms. The Hall–Kier alpha value is -2.13. The number of aryl methyl sites for hydroxylation is 2. The average Bonchev–Trinajstić information content (AvgIpc) is 2.38. The maximum Gasteiger partial charge on any atom is 0.238 e. The van der Waals surface area contributed by atoms with Crippen LogP contribution in [-0.4, -0.2) is 12.5 Å². The van der Waals surface area contributed by atoms with Gasteiger partial charge < -0.3 is 10.6 Å². The Bertz CT molecular complexity index is 559. The third-order valence-electron chi connectivity index (χ3n) is 2.96. The zero-order chi connectivity index (χ0) is 14.4. The quantitative estimate of drug-likeness (QED) is 0.875. The Kier molecular flexibility index (Phi) is 4.91. The van der Waals surface area contributed by atoms with Crippen LogP contribution < -0.4 is 10.6 Å². The monoisotopic (exact) mass is 268 g/mol. The molecule has 0 saturated heterocycles. The highest BCUT2D eigenvalue weighted by molar-refractivity contribution is 5.92. The molecule has 0 heterocycles. The summed E-state index contributed by atoms with van der Waals surface area (Å²) in [4.78, 5) is 11.9. The molecule has 0 aliphatic carbocycles. The van der Waals surface area contributed by atoms with E-state index >= 15 is 0 Å². The Balaban J connectivity index is 1.81. The smallest absolute Gasteiger partial charge is 0.238 e. The molecule has 0 atom stereocenters. The fourth-order valence-electron chi connectivity index (χ4n) is 2.17. The van der Waals surface area contributed by atoms with Crippen molar-refractivity contribution in [3.05, 3.63) is 65.2 Å². The Morgan fingerprint density at radius 3 is 2.30 bits per heavy atom. The zero-order valence-electron chi connectivity index (χ0n) is 11.9. The van der Waals surface area contributed by atoms with Crippen LogP contribution >= 0.6 is 0 Å². The first-order valence-electron chi connectivity index (χ1n) is 6.76. The fraction of sp³-hybridized carbons (Fsp3) is 0.235. The van der Waals surface area contributed by atoms with Crippen molar-refractivity contribution in [3.8, 4) is 0 Å². The van der Waals surface area contributed by atoms with Gasteiger partial charge in [-0.25, -0.2) is 0 Å². The van der Waals surface area contributed by atoms with Gasteiger partial charge in [0.2, 0.25) is 5.91 Å². The van der Waals surface area contributed by atoms with Crippen molar-refractivity contribution >= 4 is 11.6 Å². The van der Waals surface area contributed by atoms with Crippen LogP contribution in [0.15, 0.2) is 48.5 Å². The third kappa shape index (κ3) is 4.52. The Morgan fingerprint density at radius 2 is 1.65 bits per heavy atom. The van der Waals surface area contributed by atoms with Crippen LogP contribution in [0.2, 0.25) is 0 Å². The summed E-state index contributed by atoms with van der Waals surface area (Å²) in [6, 6.07) is 16.1. The van der Waals surface area contributed by atoms with E-state index in [0.717, 1.165) is 16.8 Å². The van der Waals surface area contributed by atoms with E-state index in [1.165, 1.54) is 5.56 Å². The molecule has 2 rings (SSSR count). The normalized spacial score (nSPS) is 10.3. The predicted molar refractivity (Wildman–Crippen MR) is 82.7 cm³/mol. The van der Waals surface area contributed by atoms with Crippen molar-refractivity contribution in [2.24, 2.45) is 0 Å².